The summed E-state index contributed by atoms with van der Waals surface area (Å²) in [5.74, 6) is 1.72. The number of anilines is 2. The van der Waals surface area contributed by atoms with Gasteiger partial charge in [0.05, 0.1) is 0 Å². The van der Waals surface area contributed by atoms with E-state index >= 15 is 0 Å². The van der Waals surface area contributed by atoms with Crippen molar-refractivity contribution in [2.24, 2.45) is 0 Å². The molecule has 5 nitrogen and oxygen atoms in total. The fourth-order valence-corrected chi connectivity index (χ4v) is 1.80. The first-order valence-electron chi connectivity index (χ1n) is 6.98. The van der Waals surface area contributed by atoms with E-state index in [2.05, 4.69) is 53.2 Å². The summed E-state index contributed by atoms with van der Waals surface area (Å²) in [6, 6.07) is 2.03. The second kappa shape index (κ2) is 7.94. The molecule has 0 spiro atoms. The summed E-state index contributed by atoms with van der Waals surface area (Å²) < 4.78 is 0. The molecule has 0 aliphatic heterocycles. The highest BCUT2D eigenvalue weighted by molar-refractivity contribution is 5.43. The summed E-state index contributed by atoms with van der Waals surface area (Å²) in [5.41, 5.74) is 1.00. The average molecular weight is 265 g/mol. The molecule has 0 radical (unpaired) electrons. The van der Waals surface area contributed by atoms with Gasteiger partial charge in [0.2, 0.25) is 5.95 Å². The molecule has 0 unspecified atom stereocenters. The lowest BCUT2D eigenvalue weighted by atomic mass is 10.3. The van der Waals surface area contributed by atoms with Crippen LogP contribution in [-0.2, 0) is 0 Å². The molecule has 1 N–H and O–H groups in total. The van der Waals surface area contributed by atoms with Gasteiger partial charge in [-0.15, -0.1) is 0 Å². The Kier molecular flexibility index (Phi) is 6.56. The van der Waals surface area contributed by atoms with Crippen LogP contribution < -0.4 is 10.2 Å². The molecule has 19 heavy (non-hydrogen) atoms. The molecule has 0 aliphatic carbocycles. The van der Waals surface area contributed by atoms with Crippen LogP contribution in [0.4, 0.5) is 11.8 Å². The van der Waals surface area contributed by atoms with Gasteiger partial charge in [-0.05, 0) is 40.4 Å². The predicted octanol–water partition coefficient (Wildman–Crippen LogP) is 1.99. The van der Waals surface area contributed by atoms with Crippen LogP contribution in [-0.4, -0.2) is 55.6 Å². The maximum absolute atomic E-state index is 4.56. The van der Waals surface area contributed by atoms with E-state index in [4.69, 9.17) is 0 Å². The molecule has 0 fully saturated rings. The number of nitrogens with zero attached hydrogens (tertiary/aromatic N) is 4. The van der Waals surface area contributed by atoms with Gasteiger partial charge in [-0.1, -0.05) is 6.92 Å². The van der Waals surface area contributed by atoms with Gasteiger partial charge in [-0.25, -0.2) is 4.98 Å². The topological polar surface area (TPSA) is 44.3 Å². The van der Waals surface area contributed by atoms with Crippen molar-refractivity contribution in [1.29, 1.82) is 0 Å². The van der Waals surface area contributed by atoms with E-state index in [9.17, 15) is 0 Å². The van der Waals surface area contributed by atoms with Crippen LogP contribution in [0.25, 0.3) is 0 Å². The van der Waals surface area contributed by atoms with Gasteiger partial charge in [0.25, 0.3) is 0 Å². The molecule has 0 amide bonds. The highest BCUT2D eigenvalue weighted by Crippen LogP contribution is 2.13. The number of hydrogen-bond donors (Lipinski definition) is 1. The Balaban J connectivity index is 2.62. The molecule has 0 saturated heterocycles. The highest BCUT2D eigenvalue weighted by Gasteiger charge is 2.06. The minimum absolute atomic E-state index is 0.733. The predicted molar refractivity (Wildman–Crippen MR) is 82.0 cm³/mol. The molecule has 1 rings (SSSR count). The zero-order valence-corrected chi connectivity index (χ0v) is 12.9. The molecule has 1 heterocycles. The molecule has 1 aromatic rings. The Labute approximate surface area is 117 Å². The van der Waals surface area contributed by atoms with Crippen molar-refractivity contribution in [2.75, 3.05) is 51.0 Å². The Bertz CT molecular complexity index is 378. The fourth-order valence-electron chi connectivity index (χ4n) is 1.80. The van der Waals surface area contributed by atoms with Crippen LogP contribution in [0.3, 0.4) is 0 Å². The lowest BCUT2D eigenvalue weighted by molar-refractivity contribution is 0.401. The summed E-state index contributed by atoms with van der Waals surface area (Å²) in [6.07, 6.45) is 2.20. The molecule has 1 aromatic heterocycles. The van der Waals surface area contributed by atoms with Gasteiger partial charge in [0, 0.05) is 31.9 Å². The molecule has 5 heteroatoms. The summed E-state index contributed by atoms with van der Waals surface area (Å²) in [4.78, 5) is 13.4. The molecule has 0 aliphatic rings. The van der Waals surface area contributed by atoms with E-state index in [1.807, 2.05) is 13.0 Å². The maximum Gasteiger partial charge on any atom is 0.224 e. The Hall–Kier alpha value is -1.36. The third kappa shape index (κ3) is 5.87. The SMILES string of the molecule is CCCNc1nc(C)cc(N(C)CCCN(C)C)n1. The van der Waals surface area contributed by atoms with Crippen molar-refractivity contribution in [3.63, 3.8) is 0 Å². The number of rotatable bonds is 8. The molecular weight excluding hydrogens is 238 g/mol. The van der Waals surface area contributed by atoms with Crippen LogP contribution in [0, 0.1) is 6.92 Å². The van der Waals surface area contributed by atoms with E-state index in [-0.39, 0.29) is 0 Å². The van der Waals surface area contributed by atoms with Crippen molar-refractivity contribution < 1.29 is 0 Å². The molecular formula is C14H27N5. The summed E-state index contributed by atoms with van der Waals surface area (Å²) >= 11 is 0. The van der Waals surface area contributed by atoms with Gasteiger partial charge in [0.1, 0.15) is 5.82 Å². The van der Waals surface area contributed by atoms with Gasteiger partial charge in [0.15, 0.2) is 0 Å². The second-order valence-electron chi connectivity index (χ2n) is 5.20. The molecule has 0 atom stereocenters. The number of aromatic nitrogens is 2. The zero-order valence-electron chi connectivity index (χ0n) is 12.9. The zero-order chi connectivity index (χ0) is 14.3. The van der Waals surface area contributed by atoms with Gasteiger partial charge >= 0.3 is 0 Å². The fraction of sp³-hybridized carbons (Fsp3) is 0.714. The first-order chi connectivity index (χ1) is 9.02. The largest absolute Gasteiger partial charge is 0.359 e. The quantitative estimate of drug-likeness (QED) is 0.779. The summed E-state index contributed by atoms with van der Waals surface area (Å²) in [5, 5.41) is 3.25. The highest BCUT2D eigenvalue weighted by atomic mass is 15.2. The van der Waals surface area contributed by atoms with Crippen molar-refractivity contribution in [2.45, 2.75) is 26.7 Å². The van der Waals surface area contributed by atoms with Gasteiger partial charge in [-0.3, -0.25) is 0 Å². The van der Waals surface area contributed by atoms with Crippen molar-refractivity contribution in [1.82, 2.24) is 14.9 Å². The number of aryl methyl sites for hydroxylation is 1. The smallest absolute Gasteiger partial charge is 0.224 e. The molecule has 0 saturated carbocycles. The van der Waals surface area contributed by atoms with E-state index in [0.29, 0.717) is 0 Å². The molecule has 0 bridgehead atoms. The third-order valence-corrected chi connectivity index (χ3v) is 2.86. The van der Waals surface area contributed by atoms with E-state index in [1.165, 1.54) is 0 Å². The van der Waals surface area contributed by atoms with Crippen molar-refractivity contribution in [3.8, 4) is 0 Å². The number of nitrogens with one attached hydrogen (secondary N) is 1. The Morgan fingerprint density at radius 2 is 1.89 bits per heavy atom. The standard InChI is InChI=1S/C14H27N5/c1-6-8-15-14-16-12(2)11-13(17-14)19(5)10-7-9-18(3)4/h11H,6-10H2,1-5H3,(H,15,16,17). The monoisotopic (exact) mass is 265 g/mol. The first-order valence-corrected chi connectivity index (χ1v) is 6.98. The Morgan fingerprint density at radius 3 is 2.53 bits per heavy atom. The average Bonchev–Trinajstić information content (AvgIpc) is 2.35. The van der Waals surface area contributed by atoms with Crippen LogP contribution in [0.5, 0.6) is 0 Å². The molecule has 108 valence electrons. The first kappa shape index (κ1) is 15.7. The Morgan fingerprint density at radius 1 is 1.16 bits per heavy atom. The second-order valence-corrected chi connectivity index (χ2v) is 5.20. The molecule has 0 aromatic carbocycles. The van der Waals surface area contributed by atoms with Crippen LogP contribution in [0.1, 0.15) is 25.5 Å². The van der Waals surface area contributed by atoms with Crippen LogP contribution in [0.2, 0.25) is 0 Å². The summed E-state index contributed by atoms with van der Waals surface area (Å²) in [7, 11) is 6.28. The minimum Gasteiger partial charge on any atom is -0.359 e. The van der Waals surface area contributed by atoms with E-state index in [0.717, 1.165) is 49.9 Å². The summed E-state index contributed by atoms with van der Waals surface area (Å²) in [6.45, 7) is 7.15. The lowest BCUT2D eigenvalue weighted by Gasteiger charge is -2.20. The normalized spacial score (nSPS) is 10.8. The van der Waals surface area contributed by atoms with Crippen LogP contribution in [0.15, 0.2) is 6.07 Å². The van der Waals surface area contributed by atoms with Gasteiger partial charge in [-0.2, -0.15) is 4.98 Å². The minimum atomic E-state index is 0.733. The number of hydrogen-bond acceptors (Lipinski definition) is 5. The van der Waals surface area contributed by atoms with E-state index in [1.54, 1.807) is 0 Å². The van der Waals surface area contributed by atoms with E-state index < -0.39 is 0 Å². The maximum atomic E-state index is 4.56. The van der Waals surface area contributed by atoms with Crippen molar-refractivity contribution in [3.05, 3.63) is 11.8 Å². The van der Waals surface area contributed by atoms with Gasteiger partial charge < -0.3 is 15.1 Å². The van der Waals surface area contributed by atoms with Crippen LogP contribution >= 0.6 is 0 Å². The van der Waals surface area contributed by atoms with Crippen molar-refractivity contribution >= 4 is 11.8 Å². The lowest BCUT2D eigenvalue weighted by Crippen LogP contribution is -2.24. The third-order valence-electron chi connectivity index (χ3n) is 2.86.